The van der Waals surface area contributed by atoms with Gasteiger partial charge in [-0.1, -0.05) is 25.7 Å². The predicted octanol–water partition coefficient (Wildman–Crippen LogP) is 0.908. The maximum absolute atomic E-state index is 8.74. The van der Waals surface area contributed by atoms with Crippen LogP contribution in [0.15, 0.2) is 0 Å². The summed E-state index contributed by atoms with van der Waals surface area (Å²) in [6, 6.07) is 0. The molecule has 2 N–H and O–H groups in total. The molecular formula is C4H10O4S. The van der Waals surface area contributed by atoms with Crippen LogP contribution in [0.3, 0.4) is 0 Å². The predicted molar refractivity (Wildman–Crippen MR) is 32.6 cm³/mol. The summed E-state index contributed by atoms with van der Waals surface area (Å²) in [5.74, 6) is 0. The SMILES string of the molecule is C1CCC1.O=S(=O)(O)O. The molecule has 0 heterocycles. The Labute approximate surface area is 54.5 Å². The molecule has 1 aliphatic rings. The molecule has 1 rings (SSSR count). The van der Waals surface area contributed by atoms with Gasteiger partial charge in [-0.05, 0) is 0 Å². The van der Waals surface area contributed by atoms with Crippen molar-refractivity contribution >= 4 is 10.4 Å². The highest BCUT2D eigenvalue weighted by molar-refractivity contribution is 7.79. The zero-order valence-corrected chi connectivity index (χ0v) is 5.76. The highest BCUT2D eigenvalue weighted by Crippen LogP contribution is 2.15. The summed E-state index contributed by atoms with van der Waals surface area (Å²) in [4.78, 5) is 0. The Morgan fingerprint density at radius 1 is 0.889 bits per heavy atom. The standard InChI is InChI=1S/C4H8.H2O4S/c1-2-4-3-1;1-5(2,3)4/h1-4H2;(H2,1,2,3,4). The molecule has 1 fully saturated rings. The summed E-state index contributed by atoms with van der Waals surface area (Å²) >= 11 is 0. The van der Waals surface area contributed by atoms with E-state index in [0.29, 0.717) is 0 Å². The molecule has 0 aromatic carbocycles. The van der Waals surface area contributed by atoms with Crippen LogP contribution in [-0.2, 0) is 10.4 Å². The van der Waals surface area contributed by atoms with E-state index in [1.807, 2.05) is 0 Å². The molecular weight excluding hydrogens is 144 g/mol. The Bertz CT molecular complexity index is 132. The van der Waals surface area contributed by atoms with Gasteiger partial charge in [0.1, 0.15) is 0 Å². The molecule has 0 saturated heterocycles. The van der Waals surface area contributed by atoms with Crippen LogP contribution < -0.4 is 0 Å². The number of hydrogen-bond donors (Lipinski definition) is 2. The maximum Gasteiger partial charge on any atom is 0.394 e. The second-order valence-corrected chi connectivity index (χ2v) is 2.76. The van der Waals surface area contributed by atoms with Gasteiger partial charge in [-0.15, -0.1) is 0 Å². The largest absolute Gasteiger partial charge is 0.394 e. The molecule has 0 aromatic heterocycles. The first-order chi connectivity index (χ1) is 4.00. The lowest BCUT2D eigenvalue weighted by molar-refractivity contribution is 0.381. The highest BCUT2D eigenvalue weighted by atomic mass is 32.3. The summed E-state index contributed by atoms with van der Waals surface area (Å²) in [5, 5.41) is 0. The second kappa shape index (κ2) is 3.81. The minimum absolute atomic E-state index is 1.50. The van der Waals surface area contributed by atoms with E-state index in [2.05, 4.69) is 0 Å². The van der Waals surface area contributed by atoms with Crippen LogP contribution in [0.1, 0.15) is 25.7 Å². The van der Waals surface area contributed by atoms with Crippen LogP contribution in [0, 0.1) is 0 Å². The third-order valence-corrected chi connectivity index (χ3v) is 1.000. The quantitative estimate of drug-likeness (QED) is 0.508. The summed E-state index contributed by atoms with van der Waals surface area (Å²) in [7, 11) is -4.67. The third kappa shape index (κ3) is 18.1. The first kappa shape index (κ1) is 8.87. The molecule has 0 radical (unpaired) electrons. The number of hydrogen-bond acceptors (Lipinski definition) is 2. The van der Waals surface area contributed by atoms with Gasteiger partial charge in [0, 0.05) is 0 Å². The average molecular weight is 154 g/mol. The van der Waals surface area contributed by atoms with E-state index in [-0.39, 0.29) is 0 Å². The molecule has 5 heteroatoms. The van der Waals surface area contributed by atoms with Crippen molar-refractivity contribution in [2.75, 3.05) is 0 Å². The molecule has 4 nitrogen and oxygen atoms in total. The van der Waals surface area contributed by atoms with Crippen molar-refractivity contribution < 1.29 is 17.5 Å². The lowest BCUT2D eigenvalue weighted by Crippen LogP contribution is -1.89. The minimum Gasteiger partial charge on any atom is -0.264 e. The molecule has 9 heavy (non-hydrogen) atoms. The van der Waals surface area contributed by atoms with Gasteiger partial charge in [-0.2, -0.15) is 8.42 Å². The van der Waals surface area contributed by atoms with Crippen LogP contribution in [-0.4, -0.2) is 17.5 Å². The zero-order valence-electron chi connectivity index (χ0n) is 4.95. The fourth-order valence-corrected chi connectivity index (χ4v) is 0.250. The Kier molecular flexibility index (Phi) is 3.76. The molecule has 0 spiro atoms. The van der Waals surface area contributed by atoms with Crippen LogP contribution >= 0.6 is 0 Å². The summed E-state index contributed by atoms with van der Waals surface area (Å²) < 4.78 is 31.6. The average Bonchev–Trinajstić information content (AvgIpc) is 1.12. The van der Waals surface area contributed by atoms with Crippen LogP contribution in [0.25, 0.3) is 0 Å². The monoisotopic (exact) mass is 154 g/mol. The molecule has 0 amide bonds. The van der Waals surface area contributed by atoms with Gasteiger partial charge in [0.15, 0.2) is 0 Å². The van der Waals surface area contributed by atoms with Crippen LogP contribution in [0.5, 0.6) is 0 Å². The van der Waals surface area contributed by atoms with Gasteiger partial charge in [0.2, 0.25) is 0 Å². The van der Waals surface area contributed by atoms with E-state index in [1.165, 1.54) is 25.7 Å². The van der Waals surface area contributed by atoms with Gasteiger partial charge in [0.25, 0.3) is 0 Å². The van der Waals surface area contributed by atoms with Crippen LogP contribution in [0.4, 0.5) is 0 Å². The summed E-state index contributed by atoms with van der Waals surface area (Å²) in [6.45, 7) is 0. The van der Waals surface area contributed by atoms with Crippen molar-refractivity contribution in [3.05, 3.63) is 0 Å². The molecule has 0 bridgehead atoms. The molecule has 0 atom stereocenters. The zero-order chi connectivity index (χ0) is 7.33. The van der Waals surface area contributed by atoms with E-state index in [1.54, 1.807) is 0 Å². The van der Waals surface area contributed by atoms with Crippen molar-refractivity contribution in [3.63, 3.8) is 0 Å². The second-order valence-electron chi connectivity index (χ2n) is 1.86. The fourth-order valence-electron chi connectivity index (χ4n) is 0.250. The third-order valence-electron chi connectivity index (χ3n) is 1.000. The molecule has 0 unspecified atom stereocenters. The van der Waals surface area contributed by atoms with Crippen LogP contribution in [0.2, 0.25) is 0 Å². The summed E-state index contributed by atoms with van der Waals surface area (Å²) in [6.07, 6.45) is 6.00. The fraction of sp³-hybridized carbons (Fsp3) is 1.00. The Morgan fingerprint density at radius 3 is 1.00 bits per heavy atom. The normalized spacial score (nSPS) is 17.1. The maximum atomic E-state index is 8.74. The molecule has 56 valence electrons. The molecule has 0 aliphatic heterocycles. The van der Waals surface area contributed by atoms with Crippen molar-refractivity contribution in [1.82, 2.24) is 0 Å². The van der Waals surface area contributed by atoms with Gasteiger partial charge in [-0.3, -0.25) is 9.11 Å². The van der Waals surface area contributed by atoms with Crippen molar-refractivity contribution in [2.45, 2.75) is 25.7 Å². The van der Waals surface area contributed by atoms with Gasteiger partial charge in [0.05, 0.1) is 0 Å². The first-order valence-corrected chi connectivity index (χ1v) is 4.10. The first-order valence-electron chi connectivity index (χ1n) is 2.70. The van der Waals surface area contributed by atoms with Gasteiger partial charge in [-0.25, -0.2) is 0 Å². The summed E-state index contributed by atoms with van der Waals surface area (Å²) in [5.41, 5.74) is 0. The number of rotatable bonds is 0. The van der Waals surface area contributed by atoms with Gasteiger partial charge < -0.3 is 0 Å². The van der Waals surface area contributed by atoms with E-state index < -0.39 is 10.4 Å². The van der Waals surface area contributed by atoms with E-state index in [0.717, 1.165) is 0 Å². The van der Waals surface area contributed by atoms with E-state index >= 15 is 0 Å². The van der Waals surface area contributed by atoms with E-state index in [4.69, 9.17) is 17.5 Å². The molecule has 1 saturated carbocycles. The Hall–Kier alpha value is -0.130. The Morgan fingerprint density at radius 2 is 1.00 bits per heavy atom. The minimum atomic E-state index is -4.67. The van der Waals surface area contributed by atoms with Crippen molar-refractivity contribution in [2.24, 2.45) is 0 Å². The highest BCUT2D eigenvalue weighted by Gasteiger charge is 1.95. The van der Waals surface area contributed by atoms with E-state index in [9.17, 15) is 0 Å². The molecule has 1 aliphatic carbocycles. The topological polar surface area (TPSA) is 74.6 Å². The Balaban J connectivity index is 0.000000144. The van der Waals surface area contributed by atoms with Gasteiger partial charge >= 0.3 is 10.4 Å². The lowest BCUT2D eigenvalue weighted by Gasteiger charge is -2.05. The lowest BCUT2D eigenvalue weighted by atomic mass is 10.0. The smallest absolute Gasteiger partial charge is 0.264 e. The van der Waals surface area contributed by atoms with Crippen molar-refractivity contribution in [3.8, 4) is 0 Å². The molecule has 0 aromatic rings. The van der Waals surface area contributed by atoms with Crippen molar-refractivity contribution in [1.29, 1.82) is 0 Å².